The van der Waals surface area contributed by atoms with Gasteiger partial charge in [0.1, 0.15) is 5.75 Å². The number of ether oxygens (including phenoxy) is 1. The van der Waals surface area contributed by atoms with E-state index >= 15 is 0 Å². The van der Waals surface area contributed by atoms with Crippen molar-refractivity contribution in [3.05, 3.63) is 42.2 Å². The van der Waals surface area contributed by atoms with Crippen LogP contribution in [0.1, 0.15) is 24.0 Å². The monoisotopic (exact) mass is 350 g/mol. The third kappa shape index (κ3) is 3.42. The zero-order chi connectivity index (χ0) is 18.0. The highest BCUT2D eigenvalue weighted by molar-refractivity contribution is 5.92. The highest BCUT2D eigenvalue weighted by Crippen LogP contribution is 2.29. The summed E-state index contributed by atoms with van der Waals surface area (Å²) >= 11 is 0. The number of aromatic nitrogens is 2. The average molecular weight is 350 g/mol. The number of carbonyl (C=O) groups excluding carboxylic acids is 1. The van der Waals surface area contributed by atoms with Gasteiger partial charge in [-0.15, -0.1) is 0 Å². The first kappa shape index (κ1) is 17.2. The predicted octanol–water partition coefficient (Wildman–Crippen LogP) is 2.64. The third-order valence-electron chi connectivity index (χ3n) is 4.34. The number of methoxy groups -OCH3 is 1. The van der Waals surface area contributed by atoms with Crippen molar-refractivity contribution in [1.29, 1.82) is 0 Å². The molecule has 1 aliphatic rings. The summed E-state index contributed by atoms with van der Waals surface area (Å²) in [6, 6.07) is 8.97. The first-order valence-corrected chi connectivity index (χ1v) is 8.03. The van der Waals surface area contributed by atoms with Crippen LogP contribution < -0.4 is 9.64 Å². The Morgan fingerprint density at radius 2 is 2.04 bits per heavy atom. The van der Waals surface area contributed by atoms with E-state index in [2.05, 4.69) is 10.00 Å². The number of piperazine rings is 1. The number of anilines is 1. The topological polar surface area (TPSA) is 50.6 Å². The minimum absolute atomic E-state index is 0.0397. The fourth-order valence-corrected chi connectivity index (χ4v) is 3.08. The van der Waals surface area contributed by atoms with E-state index in [-0.39, 0.29) is 17.6 Å². The number of para-hydroxylation sites is 2. The van der Waals surface area contributed by atoms with Crippen LogP contribution in [0.15, 0.2) is 36.5 Å². The van der Waals surface area contributed by atoms with Crippen molar-refractivity contribution in [2.24, 2.45) is 0 Å². The fourth-order valence-electron chi connectivity index (χ4n) is 3.08. The van der Waals surface area contributed by atoms with Crippen molar-refractivity contribution < 1.29 is 18.3 Å². The molecule has 1 aromatic heterocycles. The van der Waals surface area contributed by atoms with Crippen LogP contribution in [0.3, 0.4) is 0 Å². The molecule has 1 aromatic carbocycles. The zero-order valence-electron chi connectivity index (χ0n) is 14.1. The van der Waals surface area contributed by atoms with Gasteiger partial charge in [-0.2, -0.15) is 13.9 Å². The second kappa shape index (κ2) is 7.08. The Bertz CT molecular complexity index is 750. The highest BCUT2D eigenvalue weighted by Gasteiger charge is 2.30. The fraction of sp³-hybridized carbons (Fsp3) is 0.412. The first-order chi connectivity index (χ1) is 12.0. The van der Waals surface area contributed by atoms with Crippen LogP contribution in [0, 0.1) is 0 Å². The van der Waals surface area contributed by atoms with Crippen molar-refractivity contribution in [2.75, 3.05) is 31.6 Å². The number of hydrogen-bond acceptors (Lipinski definition) is 4. The van der Waals surface area contributed by atoms with E-state index in [0.29, 0.717) is 24.3 Å². The van der Waals surface area contributed by atoms with Gasteiger partial charge in [0, 0.05) is 31.9 Å². The summed E-state index contributed by atoms with van der Waals surface area (Å²) in [5.74, 6) is 0.455. The second-order valence-corrected chi connectivity index (χ2v) is 5.92. The molecule has 25 heavy (non-hydrogen) atoms. The Labute approximate surface area is 144 Å². The molecule has 1 amide bonds. The summed E-state index contributed by atoms with van der Waals surface area (Å²) in [6.45, 7) is 0.929. The molecule has 1 aliphatic heterocycles. The molecule has 6 nitrogen and oxygen atoms in total. The lowest BCUT2D eigenvalue weighted by atomic mass is 10.1. The molecule has 2 aromatic rings. The van der Waals surface area contributed by atoms with E-state index in [4.69, 9.17) is 4.74 Å². The van der Waals surface area contributed by atoms with Crippen molar-refractivity contribution in [1.82, 2.24) is 14.7 Å². The Balaban J connectivity index is 1.72. The van der Waals surface area contributed by atoms with Gasteiger partial charge in [-0.25, -0.2) is 4.68 Å². The van der Waals surface area contributed by atoms with Gasteiger partial charge in [0.2, 0.25) is 0 Å². The molecule has 0 bridgehead atoms. The Morgan fingerprint density at radius 1 is 1.28 bits per heavy atom. The molecule has 134 valence electrons. The van der Waals surface area contributed by atoms with Gasteiger partial charge < -0.3 is 14.5 Å². The van der Waals surface area contributed by atoms with Crippen LogP contribution in [0.25, 0.3) is 0 Å². The number of rotatable bonds is 4. The van der Waals surface area contributed by atoms with E-state index < -0.39 is 6.55 Å². The molecule has 1 atom stereocenters. The van der Waals surface area contributed by atoms with Crippen molar-refractivity contribution in [3.63, 3.8) is 0 Å². The van der Waals surface area contributed by atoms with Crippen LogP contribution in [0.4, 0.5) is 14.5 Å². The molecule has 0 aliphatic carbocycles. The summed E-state index contributed by atoms with van der Waals surface area (Å²) in [4.78, 5) is 16.4. The lowest BCUT2D eigenvalue weighted by molar-refractivity contribution is 0.0542. The van der Waals surface area contributed by atoms with Gasteiger partial charge >= 0.3 is 6.55 Å². The second-order valence-electron chi connectivity index (χ2n) is 5.92. The number of halogens is 2. The summed E-state index contributed by atoms with van der Waals surface area (Å²) in [5, 5.41) is 3.67. The maximum Gasteiger partial charge on any atom is 0.333 e. The van der Waals surface area contributed by atoms with E-state index in [0.717, 1.165) is 17.6 Å². The minimum atomic E-state index is -2.75. The Kier molecular flexibility index (Phi) is 4.87. The van der Waals surface area contributed by atoms with Gasteiger partial charge in [0.15, 0.2) is 5.69 Å². The molecule has 0 saturated carbocycles. The molecule has 0 spiro atoms. The number of amides is 1. The molecule has 1 fully saturated rings. The maximum atomic E-state index is 12.6. The summed E-state index contributed by atoms with van der Waals surface area (Å²) in [5.41, 5.74) is 1.02. The van der Waals surface area contributed by atoms with Crippen molar-refractivity contribution in [2.45, 2.75) is 19.5 Å². The van der Waals surface area contributed by atoms with Crippen LogP contribution in [0.5, 0.6) is 5.75 Å². The number of hydrogen-bond donors (Lipinski definition) is 0. The lowest BCUT2D eigenvalue weighted by Crippen LogP contribution is -2.54. The quantitative estimate of drug-likeness (QED) is 0.851. The Morgan fingerprint density at radius 3 is 2.68 bits per heavy atom. The van der Waals surface area contributed by atoms with E-state index in [1.165, 1.54) is 6.07 Å². The van der Waals surface area contributed by atoms with Crippen molar-refractivity contribution in [3.8, 4) is 5.75 Å². The standard InChI is InChI=1S/C17H20F2N4O2/c1-12-11-21(14-5-3-4-6-15(14)25-2)9-10-22(12)16(24)13-7-8-23(20-13)17(18)19/h3-8,12,17H,9-11H2,1-2H3/t12-/m1/s1. The average Bonchev–Trinajstić information content (AvgIpc) is 3.11. The zero-order valence-corrected chi connectivity index (χ0v) is 14.1. The van der Waals surface area contributed by atoms with Gasteiger partial charge in [-0.3, -0.25) is 4.79 Å². The van der Waals surface area contributed by atoms with Crippen LogP contribution >= 0.6 is 0 Å². The molecular formula is C17H20F2N4O2. The molecular weight excluding hydrogens is 330 g/mol. The van der Waals surface area contributed by atoms with Gasteiger partial charge in [0.25, 0.3) is 5.91 Å². The predicted molar refractivity (Wildman–Crippen MR) is 89.2 cm³/mol. The van der Waals surface area contributed by atoms with Gasteiger partial charge in [0.05, 0.1) is 12.8 Å². The number of nitrogens with zero attached hydrogens (tertiary/aromatic N) is 4. The number of carbonyl (C=O) groups is 1. The molecule has 0 unspecified atom stereocenters. The largest absolute Gasteiger partial charge is 0.495 e. The number of alkyl halides is 2. The SMILES string of the molecule is COc1ccccc1N1CCN(C(=O)c2ccn(C(F)F)n2)[C@H](C)C1. The maximum absolute atomic E-state index is 12.6. The molecule has 2 heterocycles. The summed E-state index contributed by atoms with van der Waals surface area (Å²) in [6.07, 6.45) is 1.12. The van der Waals surface area contributed by atoms with Crippen LogP contribution in [0.2, 0.25) is 0 Å². The molecule has 0 N–H and O–H groups in total. The first-order valence-electron chi connectivity index (χ1n) is 8.03. The van der Waals surface area contributed by atoms with Crippen LogP contribution in [-0.4, -0.2) is 53.4 Å². The van der Waals surface area contributed by atoms with E-state index in [9.17, 15) is 13.6 Å². The summed E-state index contributed by atoms with van der Waals surface area (Å²) < 4.78 is 31.1. The van der Waals surface area contributed by atoms with Crippen LogP contribution in [-0.2, 0) is 0 Å². The minimum Gasteiger partial charge on any atom is -0.495 e. The number of benzene rings is 1. The smallest absolute Gasteiger partial charge is 0.333 e. The van der Waals surface area contributed by atoms with Crippen molar-refractivity contribution >= 4 is 11.6 Å². The molecule has 3 rings (SSSR count). The highest BCUT2D eigenvalue weighted by atomic mass is 19.3. The lowest BCUT2D eigenvalue weighted by Gasteiger charge is -2.41. The molecule has 0 radical (unpaired) electrons. The third-order valence-corrected chi connectivity index (χ3v) is 4.34. The van der Waals surface area contributed by atoms with E-state index in [1.54, 1.807) is 12.0 Å². The van der Waals surface area contributed by atoms with Gasteiger partial charge in [-0.05, 0) is 25.1 Å². The van der Waals surface area contributed by atoms with E-state index in [1.807, 2.05) is 31.2 Å². The normalized spacial score (nSPS) is 17.9. The Hall–Kier alpha value is -2.64. The molecule has 8 heteroatoms. The molecule has 1 saturated heterocycles. The van der Waals surface area contributed by atoms with Gasteiger partial charge in [-0.1, -0.05) is 12.1 Å². The summed E-state index contributed by atoms with van der Waals surface area (Å²) in [7, 11) is 1.63.